The summed E-state index contributed by atoms with van der Waals surface area (Å²) >= 11 is 0. The standard InChI is InChI=1S/C52H45N4.Ir/c1-36(2)44-33-41(38-20-9-6-10-21-38)34-45(37(3)4)50(44)56-35-47(49(39-22-11-7-12-23-39)46-28-15-17-30-53-46)55-51(56)40-24-19-27-43(32-40)52(5,42-25-13-8-14-26-42)48-29-16-18-31-54-48;/h6-22,24-25,27-31,33-37,49H,1-5H3;/q-3;+3/t49-,52?;/m0./s1. The van der Waals surface area contributed by atoms with Crippen LogP contribution in [0.25, 0.3) is 28.2 Å². The van der Waals surface area contributed by atoms with Crippen molar-refractivity contribution in [2.45, 2.75) is 57.8 Å². The number of rotatable bonds is 11. The van der Waals surface area contributed by atoms with Crippen molar-refractivity contribution < 1.29 is 20.1 Å². The first kappa shape index (κ1) is 39.5. The molecule has 0 fully saturated rings. The van der Waals surface area contributed by atoms with Crippen molar-refractivity contribution in [1.29, 1.82) is 0 Å². The van der Waals surface area contributed by atoms with E-state index in [2.05, 4.69) is 161 Å². The number of aromatic nitrogens is 4. The van der Waals surface area contributed by atoms with Crippen molar-refractivity contribution >= 4 is 0 Å². The minimum Gasteiger partial charge on any atom is -0.339 e. The first-order valence-corrected chi connectivity index (χ1v) is 19.4. The maximum absolute atomic E-state index is 5.61. The summed E-state index contributed by atoms with van der Waals surface area (Å²) in [6.45, 7) is 11.4. The summed E-state index contributed by atoms with van der Waals surface area (Å²) in [6.07, 6.45) is 5.95. The van der Waals surface area contributed by atoms with E-state index in [0.29, 0.717) is 0 Å². The summed E-state index contributed by atoms with van der Waals surface area (Å²) < 4.78 is 2.33. The van der Waals surface area contributed by atoms with Crippen LogP contribution in [-0.4, -0.2) is 19.5 Å². The van der Waals surface area contributed by atoms with Gasteiger partial charge in [0.05, 0.1) is 22.9 Å². The van der Waals surface area contributed by atoms with Gasteiger partial charge in [0.25, 0.3) is 0 Å². The number of hydrogen-bond acceptors (Lipinski definition) is 3. The van der Waals surface area contributed by atoms with Crippen LogP contribution in [0.3, 0.4) is 0 Å². The summed E-state index contributed by atoms with van der Waals surface area (Å²) in [7, 11) is 0. The third kappa shape index (κ3) is 7.83. The number of imidazole rings is 1. The van der Waals surface area contributed by atoms with Crippen molar-refractivity contribution in [3.63, 3.8) is 0 Å². The van der Waals surface area contributed by atoms with Crippen LogP contribution in [-0.2, 0) is 25.5 Å². The number of benzene rings is 5. The molecular weight excluding hydrogens is 873 g/mol. The summed E-state index contributed by atoms with van der Waals surface area (Å²) in [5.74, 6) is 1.04. The Morgan fingerprint density at radius 3 is 1.86 bits per heavy atom. The topological polar surface area (TPSA) is 43.6 Å². The third-order valence-electron chi connectivity index (χ3n) is 10.8. The molecule has 0 aliphatic rings. The van der Waals surface area contributed by atoms with Gasteiger partial charge in [0.15, 0.2) is 0 Å². The summed E-state index contributed by atoms with van der Waals surface area (Å²) in [6, 6.07) is 61.3. The van der Waals surface area contributed by atoms with Crippen molar-refractivity contribution in [2.24, 2.45) is 0 Å². The molecule has 3 aromatic heterocycles. The van der Waals surface area contributed by atoms with Gasteiger partial charge < -0.3 is 4.57 Å². The molecule has 0 N–H and O–H groups in total. The molecule has 0 saturated heterocycles. The normalized spacial score (nSPS) is 12.9. The molecule has 8 rings (SSSR count). The van der Waals surface area contributed by atoms with Crippen LogP contribution in [0.2, 0.25) is 0 Å². The van der Waals surface area contributed by atoms with E-state index in [1.165, 1.54) is 22.3 Å². The van der Waals surface area contributed by atoms with Crippen LogP contribution in [0.4, 0.5) is 0 Å². The minimum absolute atomic E-state index is 0. The Morgan fingerprint density at radius 2 is 1.25 bits per heavy atom. The molecule has 282 valence electrons. The van der Waals surface area contributed by atoms with Gasteiger partial charge in [-0.25, -0.2) is 0 Å². The second-order valence-electron chi connectivity index (χ2n) is 15.1. The average molecular weight is 918 g/mol. The molecule has 0 aliphatic carbocycles. The molecule has 8 aromatic rings. The quantitative estimate of drug-likeness (QED) is 0.121. The molecule has 0 aliphatic heterocycles. The molecule has 4 nitrogen and oxygen atoms in total. The molecule has 57 heavy (non-hydrogen) atoms. The Hall–Kier alpha value is -5.74. The number of nitrogens with zero attached hydrogens (tertiary/aromatic N) is 4. The van der Waals surface area contributed by atoms with E-state index in [9.17, 15) is 0 Å². The molecule has 5 aromatic carbocycles. The molecule has 0 bridgehead atoms. The fourth-order valence-corrected chi connectivity index (χ4v) is 7.81. The molecule has 1 unspecified atom stereocenters. The Balaban J connectivity index is 0.00000496. The predicted octanol–water partition coefficient (Wildman–Crippen LogP) is 12.2. The Kier molecular flexibility index (Phi) is 11.9. The van der Waals surface area contributed by atoms with Gasteiger partial charge in [-0.05, 0) is 77.4 Å². The van der Waals surface area contributed by atoms with Gasteiger partial charge in [-0.3, -0.25) is 15.0 Å². The second kappa shape index (κ2) is 17.2. The van der Waals surface area contributed by atoms with Gasteiger partial charge >= 0.3 is 20.1 Å². The van der Waals surface area contributed by atoms with Crippen LogP contribution in [0, 0.1) is 18.2 Å². The van der Waals surface area contributed by atoms with Crippen molar-refractivity contribution in [2.75, 3.05) is 0 Å². The van der Waals surface area contributed by atoms with Gasteiger partial charge in [-0.2, -0.15) is 60.7 Å². The average Bonchev–Trinajstić information content (AvgIpc) is 3.69. The molecule has 0 radical (unpaired) electrons. The monoisotopic (exact) mass is 918 g/mol. The zero-order valence-electron chi connectivity index (χ0n) is 32.9. The van der Waals surface area contributed by atoms with E-state index in [1.807, 2.05) is 60.9 Å². The van der Waals surface area contributed by atoms with E-state index >= 15 is 0 Å². The maximum atomic E-state index is 5.61. The van der Waals surface area contributed by atoms with Gasteiger partial charge in [0.2, 0.25) is 0 Å². The van der Waals surface area contributed by atoms with Gasteiger partial charge in [0, 0.05) is 35.6 Å². The van der Waals surface area contributed by atoms with Gasteiger partial charge in [0.1, 0.15) is 0 Å². The van der Waals surface area contributed by atoms with Crippen LogP contribution < -0.4 is 0 Å². The predicted molar refractivity (Wildman–Crippen MR) is 227 cm³/mol. The van der Waals surface area contributed by atoms with Gasteiger partial charge in [-0.15, -0.1) is 46.5 Å². The van der Waals surface area contributed by atoms with E-state index in [4.69, 9.17) is 15.0 Å². The van der Waals surface area contributed by atoms with Gasteiger partial charge in [-0.1, -0.05) is 70.2 Å². The zero-order chi connectivity index (χ0) is 38.6. The van der Waals surface area contributed by atoms with Crippen molar-refractivity contribution in [3.8, 4) is 28.2 Å². The zero-order valence-corrected chi connectivity index (χ0v) is 35.3. The first-order chi connectivity index (χ1) is 27.3. The summed E-state index contributed by atoms with van der Waals surface area (Å²) in [5, 5.41) is 0. The Morgan fingerprint density at radius 1 is 0.596 bits per heavy atom. The Bertz CT molecular complexity index is 2420. The van der Waals surface area contributed by atoms with E-state index in [0.717, 1.165) is 50.8 Å². The molecule has 3 heterocycles. The number of pyridine rings is 2. The maximum Gasteiger partial charge on any atom is 3.00 e. The van der Waals surface area contributed by atoms with Crippen LogP contribution in [0.15, 0.2) is 164 Å². The molecule has 0 saturated carbocycles. The van der Waals surface area contributed by atoms with Crippen LogP contribution in [0.1, 0.15) is 97.3 Å². The largest absolute Gasteiger partial charge is 3.00 e. The molecule has 0 spiro atoms. The van der Waals surface area contributed by atoms with E-state index in [-0.39, 0.29) is 37.9 Å². The molecule has 5 heteroatoms. The molecule has 2 atom stereocenters. The number of hydrogen-bond donors (Lipinski definition) is 0. The van der Waals surface area contributed by atoms with Crippen molar-refractivity contribution in [1.82, 2.24) is 19.5 Å². The SMILES string of the molecule is CC(C)c1cc(-c2ccccc2)cc(C(C)C)c1-n1cc([C@@H](c2[c-]cccc2)c2ccccn2)nc1-c1[c-]c(C(C)(c2[c-]cccc2)c2ccccn2)ccc1.[Ir+3]. The Labute approximate surface area is 351 Å². The second-order valence-corrected chi connectivity index (χ2v) is 15.1. The molecule has 0 amide bonds. The van der Waals surface area contributed by atoms with Crippen LogP contribution >= 0.6 is 0 Å². The third-order valence-corrected chi connectivity index (χ3v) is 10.8. The smallest absolute Gasteiger partial charge is 0.339 e. The summed E-state index contributed by atoms with van der Waals surface area (Å²) in [5.41, 5.74) is 12.1. The van der Waals surface area contributed by atoms with Crippen LogP contribution in [0.5, 0.6) is 0 Å². The minimum atomic E-state index is -0.627. The molecular formula is C52H45IrN4. The fourth-order valence-electron chi connectivity index (χ4n) is 7.81. The van der Waals surface area contributed by atoms with Crippen molar-refractivity contribution in [3.05, 3.63) is 227 Å². The first-order valence-electron chi connectivity index (χ1n) is 19.4. The van der Waals surface area contributed by atoms with E-state index < -0.39 is 5.41 Å². The summed E-state index contributed by atoms with van der Waals surface area (Å²) in [4.78, 5) is 15.4. The van der Waals surface area contributed by atoms with E-state index in [1.54, 1.807) is 0 Å². The fraction of sp³-hybridized carbons (Fsp3) is 0.173.